The Balaban J connectivity index is 1.78. The highest BCUT2D eigenvalue weighted by Gasteiger charge is 2.33. The number of thiophene rings is 1. The number of benzene rings is 1. The summed E-state index contributed by atoms with van der Waals surface area (Å²) in [5.41, 5.74) is 1.45. The van der Waals surface area contributed by atoms with Crippen LogP contribution in [0.1, 0.15) is 55.1 Å². The number of hydrogen-bond acceptors (Lipinski definition) is 2. The van der Waals surface area contributed by atoms with Crippen molar-refractivity contribution in [3.05, 3.63) is 58.3 Å². The Labute approximate surface area is 126 Å². The predicted octanol–water partition coefficient (Wildman–Crippen LogP) is 5.33. The Morgan fingerprint density at radius 1 is 1.15 bits per heavy atom. The minimum absolute atomic E-state index is 0.505. The Kier molecular flexibility index (Phi) is 4.54. The molecule has 1 aromatic heterocycles. The third-order valence-corrected chi connectivity index (χ3v) is 5.08. The van der Waals surface area contributed by atoms with Crippen molar-refractivity contribution in [1.29, 1.82) is 0 Å². The second kappa shape index (κ2) is 6.55. The summed E-state index contributed by atoms with van der Waals surface area (Å²) in [5, 5.41) is 6.13. The van der Waals surface area contributed by atoms with Gasteiger partial charge in [0.25, 0.3) is 0 Å². The lowest BCUT2D eigenvalue weighted by molar-refractivity contribution is 0.395. The zero-order chi connectivity index (χ0) is 13.8. The molecule has 2 aromatic rings. The van der Waals surface area contributed by atoms with E-state index in [1.54, 1.807) is 0 Å². The van der Waals surface area contributed by atoms with Crippen LogP contribution in [-0.4, -0.2) is 0 Å². The maximum absolute atomic E-state index is 3.95. The van der Waals surface area contributed by atoms with Crippen LogP contribution < -0.4 is 5.32 Å². The maximum Gasteiger partial charge on any atom is 0.0419 e. The molecule has 2 unspecified atom stereocenters. The highest BCUT2D eigenvalue weighted by atomic mass is 32.1. The molecule has 1 nitrogen and oxygen atoms in total. The van der Waals surface area contributed by atoms with E-state index >= 15 is 0 Å². The van der Waals surface area contributed by atoms with Gasteiger partial charge in [0, 0.05) is 17.0 Å². The quantitative estimate of drug-likeness (QED) is 0.725. The first-order valence-corrected chi connectivity index (χ1v) is 8.61. The summed E-state index contributed by atoms with van der Waals surface area (Å²) >= 11 is 1.88. The molecule has 0 spiro atoms. The Bertz CT molecular complexity index is 501. The number of hydrogen-bond donors (Lipinski definition) is 1. The lowest BCUT2D eigenvalue weighted by Gasteiger charge is -2.25. The Hall–Kier alpha value is -1.12. The summed E-state index contributed by atoms with van der Waals surface area (Å²) in [7, 11) is 0. The molecule has 106 valence electrons. The van der Waals surface area contributed by atoms with Crippen LogP contribution in [0.15, 0.2) is 47.8 Å². The van der Waals surface area contributed by atoms with Crippen molar-refractivity contribution in [2.45, 2.75) is 44.7 Å². The van der Waals surface area contributed by atoms with Gasteiger partial charge in [-0.3, -0.25) is 0 Å². The molecular weight excluding hydrogens is 262 g/mol. The van der Waals surface area contributed by atoms with Gasteiger partial charge in [0.05, 0.1) is 0 Å². The van der Waals surface area contributed by atoms with E-state index in [0.717, 1.165) is 5.92 Å². The molecule has 1 fully saturated rings. The first-order chi connectivity index (χ1) is 9.88. The molecule has 0 radical (unpaired) electrons. The molecule has 1 aromatic carbocycles. The molecule has 0 saturated heterocycles. The van der Waals surface area contributed by atoms with E-state index in [9.17, 15) is 0 Å². The van der Waals surface area contributed by atoms with Crippen LogP contribution in [0.5, 0.6) is 0 Å². The van der Waals surface area contributed by atoms with Gasteiger partial charge in [0.1, 0.15) is 0 Å². The fourth-order valence-electron chi connectivity index (χ4n) is 2.90. The molecule has 20 heavy (non-hydrogen) atoms. The molecule has 2 heteroatoms. The van der Waals surface area contributed by atoms with E-state index in [0.29, 0.717) is 12.1 Å². The normalized spacial score (nSPS) is 17.9. The van der Waals surface area contributed by atoms with Crippen LogP contribution >= 0.6 is 11.3 Å². The SMILES string of the molecule is CCCC(NC(c1ccccc1)C1CC1)c1cccs1. The summed E-state index contributed by atoms with van der Waals surface area (Å²) < 4.78 is 0. The van der Waals surface area contributed by atoms with Crippen molar-refractivity contribution in [2.24, 2.45) is 5.92 Å². The predicted molar refractivity (Wildman–Crippen MR) is 87.0 cm³/mol. The van der Waals surface area contributed by atoms with Crippen LogP contribution in [0.25, 0.3) is 0 Å². The zero-order valence-electron chi connectivity index (χ0n) is 12.1. The van der Waals surface area contributed by atoms with Gasteiger partial charge in [-0.05, 0) is 42.2 Å². The summed E-state index contributed by atoms with van der Waals surface area (Å²) in [6, 6.07) is 16.4. The third kappa shape index (κ3) is 3.31. The highest BCUT2D eigenvalue weighted by molar-refractivity contribution is 7.10. The summed E-state index contributed by atoms with van der Waals surface area (Å²) in [6.07, 6.45) is 5.18. The van der Waals surface area contributed by atoms with Gasteiger partial charge in [0.2, 0.25) is 0 Å². The third-order valence-electron chi connectivity index (χ3n) is 4.10. The first-order valence-electron chi connectivity index (χ1n) is 7.73. The van der Waals surface area contributed by atoms with E-state index in [1.165, 1.54) is 36.1 Å². The van der Waals surface area contributed by atoms with Crippen molar-refractivity contribution >= 4 is 11.3 Å². The minimum atomic E-state index is 0.505. The monoisotopic (exact) mass is 285 g/mol. The van der Waals surface area contributed by atoms with E-state index in [1.807, 2.05) is 11.3 Å². The molecule has 3 rings (SSSR count). The fourth-order valence-corrected chi connectivity index (χ4v) is 3.72. The van der Waals surface area contributed by atoms with Crippen molar-refractivity contribution in [3.63, 3.8) is 0 Å². The molecule has 0 bridgehead atoms. The smallest absolute Gasteiger partial charge is 0.0419 e. The Morgan fingerprint density at radius 2 is 1.95 bits per heavy atom. The molecule has 0 aliphatic heterocycles. The largest absolute Gasteiger partial charge is 0.302 e. The van der Waals surface area contributed by atoms with E-state index in [4.69, 9.17) is 0 Å². The molecule has 2 atom stereocenters. The van der Waals surface area contributed by atoms with Gasteiger partial charge in [0.15, 0.2) is 0 Å². The van der Waals surface area contributed by atoms with Crippen LogP contribution in [0.2, 0.25) is 0 Å². The van der Waals surface area contributed by atoms with Crippen molar-refractivity contribution in [2.75, 3.05) is 0 Å². The van der Waals surface area contributed by atoms with Gasteiger partial charge >= 0.3 is 0 Å². The second-order valence-electron chi connectivity index (χ2n) is 5.75. The molecule has 1 saturated carbocycles. The van der Waals surface area contributed by atoms with E-state index in [2.05, 4.69) is 60.1 Å². The summed E-state index contributed by atoms with van der Waals surface area (Å²) in [4.78, 5) is 1.48. The van der Waals surface area contributed by atoms with Gasteiger partial charge in [-0.25, -0.2) is 0 Å². The van der Waals surface area contributed by atoms with Gasteiger partial charge in [-0.2, -0.15) is 0 Å². The molecule has 1 N–H and O–H groups in total. The van der Waals surface area contributed by atoms with Crippen molar-refractivity contribution < 1.29 is 0 Å². The summed E-state index contributed by atoms with van der Waals surface area (Å²) in [5.74, 6) is 0.830. The van der Waals surface area contributed by atoms with E-state index in [-0.39, 0.29) is 0 Å². The molecular formula is C18H23NS. The van der Waals surface area contributed by atoms with E-state index < -0.39 is 0 Å². The fraction of sp³-hybridized carbons (Fsp3) is 0.444. The average molecular weight is 285 g/mol. The molecule has 0 amide bonds. The highest BCUT2D eigenvalue weighted by Crippen LogP contribution is 2.42. The van der Waals surface area contributed by atoms with Crippen LogP contribution in [0.3, 0.4) is 0 Å². The maximum atomic E-state index is 3.95. The van der Waals surface area contributed by atoms with Gasteiger partial charge in [-0.1, -0.05) is 49.7 Å². The van der Waals surface area contributed by atoms with Crippen LogP contribution in [0.4, 0.5) is 0 Å². The van der Waals surface area contributed by atoms with Crippen molar-refractivity contribution in [1.82, 2.24) is 5.32 Å². The van der Waals surface area contributed by atoms with Gasteiger partial charge in [-0.15, -0.1) is 11.3 Å². The van der Waals surface area contributed by atoms with Crippen molar-refractivity contribution in [3.8, 4) is 0 Å². The van der Waals surface area contributed by atoms with Crippen LogP contribution in [-0.2, 0) is 0 Å². The molecule has 1 aliphatic carbocycles. The topological polar surface area (TPSA) is 12.0 Å². The number of nitrogens with one attached hydrogen (secondary N) is 1. The molecule has 1 aliphatic rings. The standard InChI is InChI=1S/C18H23NS/c1-2-7-16(17-10-6-13-20-17)19-18(15-11-12-15)14-8-4-3-5-9-14/h3-6,8-10,13,15-16,18-19H,2,7,11-12H2,1H3. The average Bonchev–Trinajstić information content (AvgIpc) is 3.18. The Morgan fingerprint density at radius 3 is 2.55 bits per heavy atom. The lowest BCUT2D eigenvalue weighted by atomic mass is 9.99. The number of rotatable bonds is 7. The molecule has 1 heterocycles. The minimum Gasteiger partial charge on any atom is -0.302 e. The first kappa shape index (κ1) is 13.8. The van der Waals surface area contributed by atoms with Crippen LogP contribution in [0, 0.1) is 5.92 Å². The lowest BCUT2D eigenvalue weighted by Crippen LogP contribution is -2.27. The summed E-state index contributed by atoms with van der Waals surface area (Å²) in [6.45, 7) is 2.27. The second-order valence-corrected chi connectivity index (χ2v) is 6.73. The zero-order valence-corrected chi connectivity index (χ0v) is 12.9. The van der Waals surface area contributed by atoms with Gasteiger partial charge < -0.3 is 5.32 Å².